The van der Waals surface area contributed by atoms with Gasteiger partial charge in [0.2, 0.25) is 0 Å². The molecule has 0 aliphatic rings. The van der Waals surface area contributed by atoms with Gasteiger partial charge in [-0.15, -0.1) is 0 Å². The number of hydrogen-bond acceptors (Lipinski definition) is 2. The molecule has 0 amide bonds. The fraction of sp³-hybridized carbons (Fsp3) is 0.986. The van der Waals surface area contributed by atoms with E-state index in [4.69, 9.17) is 4.74 Å². The zero-order valence-electron chi connectivity index (χ0n) is 53.0. The number of carboxylic acid groups (broad SMARTS) is 1. The summed E-state index contributed by atoms with van der Waals surface area (Å²) in [5, 5.41) is 9.60. The van der Waals surface area contributed by atoms with E-state index in [2.05, 4.69) is 27.7 Å². The number of hydrogen-bond donors (Lipinski definition) is 1. The summed E-state index contributed by atoms with van der Waals surface area (Å²) in [5.74, 6) is -0.653. The second kappa shape index (κ2) is 73.4. The lowest BCUT2D eigenvalue weighted by molar-refractivity contribution is -0.142. The average Bonchev–Trinajstić information content (AvgIpc) is 3.41. The molecule has 0 aliphatic carbocycles. The fourth-order valence-corrected chi connectivity index (χ4v) is 11.5. The third kappa shape index (κ3) is 73.4. The third-order valence-electron chi connectivity index (χ3n) is 16.9. The van der Waals surface area contributed by atoms with Crippen LogP contribution in [0.4, 0.5) is 0 Å². The van der Waals surface area contributed by atoms with Crippen LogP contribution in [0.1, 0.15) is 439 Å². The molecule has 3 heteroatoms. The summed E-state index contributed by atoms with van der Waals surface area (Å²) in [5.41, 5.74) is 0. The van der Waals surface area contributed by atoms with Gasteiger partial charge in [-0.1, -0.05) is 413 Å². The topological polar surface area (TPSA) is 46.5 Å². The maximum atomic E-state index is 11.7. The van der Waals surface area contributed by atoms with Gasteiger partial charge in [0.1, 0.15) is 0 Å². The molecule has 452 valence electrons. The Balaban J connectivity index is 0. The van der Waals surface area contributed by atoms with E-state index in [0.29, 0.717) is 0 Å². The Labute approximate surface area is 476 Å². The van der Waals surface area contributed by atoms with Crippen molar-refractivity contribution in [3.05, 3.63) is 0 Å². The zero-order valence-corrected chi connectivity index (χ0v) is 53.0. The summed E-state index contributed by atoms with van der Waals surface area (Å²) >= 11 is 0. The van der Waals surface area contributed by atoms with E-state index in [1.165, 1.54) is 385 Å². The Morgan fingerprint density at radius 3 is 0.507 bits per heavy atom. The van der Waals surface area contributed by atoms with Gasteiger partial charge in [0.05, 0.1) is 5.92 Å². The monoisotopic (exact) mass is 1060 g/mol. The molecule has 0 aliphatic heterocycles. The summed E-state index contributed by atoms with van der Waals surface area (Å²) in [4.78, 5) is 11.7. The minimum absolute atomic E-state index is 0.0982. The Kier molecular flexibility index (Phi) is 74.9. The maximum Gasteiger partial charge on any atom is 0.306 e. The maximum absolute atomic E-state index is 11.7. The number of unbranched alkanes of at least 4 members (excludes halogenated alkanes) is 58. The third-order valence-corrected chi connectivity index (χ3v) is 16.9. The fourth-order valence-electron chi connectivity index (χ4n) is 11.5. The summed E-state index contributed by atoms with van der Waals surface area (Å²) in [6, 6.07) is 0. The number of carbonyl (C=O) groups is 1. The predicted octanol–water partition coefficient (Wildman–Crippen LogP) is 26.7. The highest BCUT2D eigenvalue weighted by Gasteiger charge is 2.16. The van der Waals surface area contributed by atoms with Crippen molar-refractivity contribution in [2.75, 3.05) is 13.2 Å². The highest BCUT2D eigenvalue weighted by molar-refractivity contribution is 5.69. The Bertz CT molecular complexity index is 930. The van der Waals surface area contributed by atoms with Gasteiger partial charge in [0, 0.05) is 13.2 Å². The van der Waals surface area contributed by atoms with Crippen molar-refractivity contribution >= 4 is 5.97 Å². The van der Waals surface area contributed by atoms with E-state index in [0.717, 1.165) is 38.9 Å². The molecule has 0 rings (SSSR count). The van der Waals surface area contributed by atoms with Gasteiger partial charge >= 0.3 is 5.97 Å². The van der Waals surface area contributed by atoms with E-state index in [-0.39, 0.29) is 5.92 Å². The number of rotatable bonds is 67. The number of aliphatic carboxylic acids is 1. The molecule has 1 N–H and O–H groups in total. The minimum Gasteiger partial charge on any atom is -0.481 e. The summed E-state index contributed by atoms with van der Waals surface area (Å²) in [6.45, 7) is 11.2. The normalized spacial score (nSPS) is 11.9. The van der Waals surface area contributed by atoms with Gasteiger partial charge in [-0.2, -0.15) is 0 Å². The van der Waals surface area contributed by atoms with Gasteiger partial charge in [-0.05, 0) is 25.7 Å². The first kappa shape index (κ1) is 76.5. The van der Waals surface area contributed by atoms with E-state index in [9.17, 15) is 9.90 Å². The molecule has 0 fully saturated rings. The molecule has 1 atom stereocenters. The average molecular weight is 1060 g/mol. The van der Waals surface area contributed by atoms with Crippen LogP contribution in [0.25, 0.3) is 0 Å². The lowest BCUT2D eigenvalue weighted by atomic mass is 9.94. The van der Waals surface area contributed by atoms with Crippen molar-refractivity contribution in [1.29, 1.82) is 0 Å². The number of carboxylic acids is 1. The molecule has 0 saturated carbocycles. The quantitative estimate of drug-likeness (QED) is 0.0618. The molecule has 0 heterocycles. The van der Waals surface area contributed by atoms with Crippen molar-refractivity contribution in [3.63, 3.8) is 0 Å². The highest BCUT2D eigenvalue weighted by atomic mass is 16.5. The zero-order chi connectivity index (χ0) is 54.5. The van der Waals surface area contributed by atoms with Crippen LogP contribution in [0, 0.1) is 5.92 Å². The Hall–Kier alpha value is -0.570. The van der Waals surface area contributed by atoms with E-state index >= 15 is 0 Å². The van der Waals surface area contributed by atoms with Crippen molar-refractivity contribution in [1.82, 2.24) is 0 Å². The Morgan fingerprint density at radius 1 is 0.227 bits per heavy atom. The van der Waals surface area contributed by atoms with Crippen molar-refractivity contribution in [2.24, 2.45) is 5.92 Å². The lowest BCUT2D eigenvalue weighted by Crippen LogP contribution is -2.13. The van der Waals surface area contributed by atoms with Crippen molar-refractivity contribution < 1.29 is 14.6 Å². The molecule has 75 heavy (non-hydrogen) atoms. The van der Waals surface area contributed by atoms with Gasteiger partial charge < -0.3 is 9.84 Å². The standard InChI is InChI=1S/C36H72O2.C36H74O/c1-3-5-7-9-11-13-15-17-19-20-22-24-26-28-30-32-34-35(36(37)38)33-31-29-27-25-23-21-18-16-14-12-10-8-6-4-2;1-3-5-7-9-11-13-15-17-19-21-23-25-27-29-31-33-35-37-36-34-32-30-28-26-24-22-20-18-16-14-12-10-8-6-4-2/h35H,3-34H2,1-2H3,(H,37,38);3-36H2,1-2H3. The van der Waals surface area contributed by atoms with E-state index < -0.39 is 5.97 Å². The van der Waals surface area contributed by atoms with Crippen LogP contribution in [0.2, 0.25) is 0 Å². The van der Waals surface area contributed by atoms with Crippen LogP contribution in [0.5, 0.6) is 0 Å². The van der Waals surface area contributed by atoms with Gasteiger partial charge in [0.25, 0.3) is 0 Å². The summed E-state index contributed by atoms with van der Waals surface area (Å²) in [7, 11) is 0. The van der Waals surface area contributed by atoms with E-state index in [1.807, 2.05) is 0 Å². The van der Waals surface area contributed by atoms with Crippen LogP contribution in [0.15, 0.2) is 0 Å². The van der Waals surface area contributed by atoms with Gasteiger partial charge in [-0.3, -0.25) is 4.79 Å². The largest absolute Gasteiger partial charge is 0.481 e. The van der Waals surface area contributed by atoms with Crippen molar-refractivity contribution in [3.8, 4) is 0 Å². The van der Waals surface area contributed by atoms with Gasteiger partial charge in [-0.25, -0.2) is 0 Å². The molecular weight excluding hydrogens is 913 g/mol. The first-order valence-electron chi connectivity index (χ1n) is 35.9. The van der Waals surface area contributed by atoms with Crippen LogP contribution in [-0.2, 0) is 9.53 Å². The smallest absolute Gasteiger partial charge is 0.306 e. The molecule has 3 nitrogen and oxygen atoms in total. The molecule has 0 bridgehead atoms. The second-order valence-corrected chi connectivity index (χ2v) is 24.7. The molecule has 0 saturated heterocycles. The molecule has 0 radical (unpaired) electrons. The SMILES string of the molecule is CCCCCCCCCCCCCCCCCCC(CCCCCCCCCCCCCCCC)C(=O)O.CCCCCCCCCCCCCCCCCCOCCCCCCCCCCCCCCCCCC. The molecule has 0 aromatic rings. The summed E-state index contributed by atoms with van der Waals surface area (Å²) in [6.07, 6.45) is 88.8. The van der Waals surface area contributed by atoms with E-state index in [1.54, 1.807) is 0 Å². The van der Waals surface area contributed by atoms with Crippen molar-refractivity contribution in [2.45, 2.75) is 439 Å². The predicted molar refractivity (Wildman–Crippen MR) is 340 cm³/mol. The Morgan fingerprint density at radius 2 is 0.360 bits per heavy atom. The first-order valence-corrected chi connectivity index (χ1v) is 35.9. The van der Waals surface area contributed by atoms with Crippen LogP contribution < -0.4 is 0 Å². The van der Waals surface area contributed by atoms with Crippen LogP contribution >= 0.6 is 0 Å². The van der Waals surface area contributed by atoms with Crippen LogP contribution in [-0.4, -0.2) is 24.3 Å². The molecule has 0 aromatic carbocycles. The summed E-state index contributed by atoms with van der Waals surface area (Å²) < 4.78 is 5.87. The van der Waals surface area contributed by atoms with Crippen LogP contribution in [0.3, 0.4) is 0 Å². The van der Waals surface area contributed by atoms with Gasteiger partial charge in [0.15, 0.2) is 0 Å². The minimum atomic E-state index is -0.555. The lowest BCUT2D eigenvalue weighted by Gasteiger charge is -2.12. The molecule has 0 aromatic heterocycles. The number of ether oxygens (including phenoxy) is 1. The second-order valence-electron chi connectivity index (χ2n) is 24.7. The highest BCUT2D eigenvalue weighted by Crippen LogP contribution is 2.22. The molecular formula is C72H146O3. The first-order chi connectivity index (χ1) is 37.1. The molecule has 0 spiro atoms. The molecule has 1 unspecified atom stereocenters.